The topological polar surface area (TPSA) is 99.1 Å². The summed E-state index contributed by atoms with van der Waals surface area (Å²) in [6.45, 7) is 13.0. The fourth-order valence-electron chi connectivity index (χ4n) is 2.52. The fraction of sp³-hybridized carbons (Fsp3) is 0.650. The maximum atomic E-state index is 12.7. The van der Waals surface area contributed by atoms with E-state index in [0.717, 1.165) is 11.3 Å². The lowest BCUT2D eigenvalue weighted by Gasteiger charge is -2.31. The van der Waals surface area contributed by atoms with Gasteiger partial charge in [-0.3, -0.25) is 4.79 Å². The number of nitrogens with one attached hydrogen (secondary N) is 2. The summed E-state index contributed by atoms with van der Waals surface area (Å²) >= 11 is 0. The summed E-state index contributed by atoms with van der Waals surface area (Å²) in [6.07, 6.45) is 1.27. The maximum Gasteiger partial charge on any atom is 0.237 e. The Morgan fingerprint density at radius 3 is 2.30 bits per heavy atom. The second kappa shape index (κ2) is 10.2. The Bertz CT molecular complexity index is 638. The first-order valence-corrected chi connectivity index (χ1v) is 9.32. The van der Waals surface area contributed by atoms with Crippen LogP contribution in [0.2, 0.25) is 0 Å². The van der Waals surface area contributed by atoms with Crippen molar-refractivity contribution in [2.24, 2.45) is 5.11 Å². The van der Waals surface area contributed by atoms with Gasteiger partial charge in [-0.1, -0.05) is 17.2 Å². The Kier molecular flexibility index (Phi) is 8.60. The molecule has 0 unspecified atom stereocenters. The summed E-state index contributed by atoms with van der Waals surface area (Å²) in [7, 11) is 0. The van der Waals surface area contributed by atoms with Crippen LogP contribution in [0.15, 0.2) is 29.4 Å². The summed E-state index contributed by atoms with van der Waals surface area (Å²) in [6, 6.07) is 7.44. The SMILES string of the molecule is CC(C)(C)NC(=O)[C@H](Cc1ccc(OCCCN=[N+]=[N-])cc1)NC(C)(C)C. The number of rotatable bonds is 9. The van der Waals surface area contributed by atoms with E-state index in [9.17, 15) is 4.79 Å². The lowest BCUT2D eigenvalue weighted by atomic mass is 9.99. The number of carbonyl (C=O) groups is 1. The Balaban J connectivity index is 2.71. The standard InChI is InChI=1S/C20H33N5O2/c1-19(2,3)23-17(18(26)24-20(4,5)6)14-15-8-10-16(11-9-15)27-13-7-12-22-25-21/h8-11,17,23H,7,12-14H2,1-6H3,(H,24,26)/t17-/m0/s1. The van der Waals surface area contributed by atoms with Gasteiger partial charge in [-0.05, 0) is 77.6 Å². The van der Waals surface area contributed by atoms with Gasteiger partial charge in [0.25, 0.3) is 0 Å². The molecule has 0 aliphatic rings. The summed E-state index contributed by atoms with van der Waals surface area (Å²) in [5.74, 6) is 0.759. The zero-order valence-corrected chi connectivity index (χ0v) is 17.4. The smallest absolute Gasteiger partial charge is 0.237 e. The van der Waals surface area contributed by atoms with Crippen molar-refractivity contribution in [1.29, 1.82) is 0 Å². The average Bonchev–Trinajstić information content (AvgIpc) is 2.53. The molecule has 2 N–H and O–H groups in total. The van der Waals surface area contributed by atoms with E-state index in [0.29, 0.717) is 26.0 Å². The van der Waals surface area contributed by atoms with Gasteiger partial charge in [0, 0.05) is 22.5 Å². The molecule has 1 rings (SSSR count). The summed E-state index contributed by atoms with van der Waals surface area (Å²) in [4.78, 5) is 15.4. The van der Waals surface area contributed by atoms with E-state index in [4.69, 9.17) is 10.3 Å². The van der Waals surface area contributed by atoms with Crippen LogP contribution in [0.4, 0.5) is 0 Å². The van der Waals surface area contributed by atoms with Gasteiger partial charge >= 0.3 is 0 Å². The highest BCUT2D eigenvalue weighted by atomic mass is 16.5. The second-order valence-electron chi connectivity index (χ2n) is 8.69. The lowest BCUT2D eigenvalue weighted by molar-refractivity contribution is -0.125. The molecule has 1 amide bonds. The number of hydrogen-bond acceptors (Lipinski definition) is 4. The van der Waals surface area contributed by atoms with E-state index in [2.05, 4.69) is 41.4 Å². The van der Waals surface area contributed by atoms with Crippen LogP contribution < -0.4 is 15.4 Å². The van der Waals surface area contributed by atoms with E-state index < -0.39 is 0 Å². The first-order valence-electron chi connectivity index (χ1n) is 9.32. The summed E-state index contributed by atoms with van der Waals surface area (Å²) in [5.41, 5.74) is 8.85. The largest absolute Gasteiger partial charge is 0.494 e. The van der Waals surface area contributed by atoms with Gasteiger partial charge < -0.3 is 15.4 Å². The van der Waals surface area contributed by atoms with Crippen LogP contribution in [0.3, 0.4) is 0 Å². The third-order valence-corrected chi connectivity index (χ3v) is 3.52. The molecule has 1 aromatic rings. The predicted octanol–water partition coefficient (Wildman–Crippen LogP) is 3.98. The molecule has 0 saturated heterocycles. The zero-order valence-electron chi connectivity index (χ0n) is 17.4. The van der Waals surface area contributed by atoms with Gasteiger partial charge in [0.15, 0.2) is 0 Å². The highest BCUT2D eigenvalue weighted by Gasteiger charge is 2.26. The Labute approximate surface area is 162 Å². The molecule has 0 heterocycles. The van der Waals surface area contributed by atoms with Crippen molar-refractivity contribution in [2.75, 3.05) is 13.2 Å². The molecule has 7 nitrogen and oxygen atoms in total. The molecule has 0 fully saturated rings. The van der Waals surface area contributed by atoms with Crippen LogP contribution in [0.25, 0.3) is 10.4 Å². The van der Waals surface area contributed by atoms with Crippen LogP contribution in [0.5, 0.6) is 5.75 Å². The predicted molar refractivity (Wildman–Crippen MR) is 109 cm³/mol. The maximum absolute atomic E-state index is 12.7. The highest BCUT2D eigenvalue weighted by Crippen LogP contribution is 2.15. The van der Waals surface area contributed by atoms with Crippen LogP contribution in [-0.4, -0.2) is 36.2 Å². The number of nitrogens with zero attached hydrogens (tertiary/aromatic N) is 3. The Morgan fingerprint density at radius 1 is 1.15 bits per heavy atom. The van der Waals surface area contributed by atoms with Gasteiger partial charge in [-0.15, -0.1) is 0 Å². The molecule has 0 aliphatic heterocycles. The van der Waals surface area contributed by atoms with Gasteiger partial charge in [-0.2, -0.15) is 0 Å². The van der Waals surface area contributed by atoms with Gasteiger partial charge in [0.05, 0.1) is 12.6 Å². The van der Waals surface area contributed by atoms with E-state index in [-0.39, 0.29) is 23.0 Å². The van der Waals surface area contributed by atoms with E-state index >= 15 is 0 Å². The van der Waals surface area contributed by atoms with Crippen molar-refractivity contribution in [3.8, 4) is 5.75 Å². The summed E-state index contributed by atoms with van der Waals surface area (Å²) < 4.78 is 5.63. The molecule has 0 aliphatic carbocycles. The number of hydrogen-bond donors (Lipinski definition) is 2. The van der Waals surface area contributed by atoms with Gasteiger partial charge in [0.1, 0.15) is 5.75 Å². The lowest BCUT2D eigenvalue weighted by Crippen LogP contribution is -2.56. The first kappa shape index (κ1) is 22.8. The average molecular weight is 376 g/mol. The van der Waals surface area contributed by atoms with Crippen molar-refractivity contribution in [3.63, 3.8) is 0 Å². The second-order valence-corrected chi connectivity index (χ2v) is 8.69. The molecule has 0 bridgehead atoms. The Morgan fingerprint density at radius 2 is 1.78 bits per heavy atom. The summed E-state index contributed by atoms with van der Waals surface area (Å²) in [5, 5.41) is 9.95. The first-order chi connectivity index (χ1) is 12.5. The number of carbonyl (C=O) groups excluding carboxylic acids is 1. The third kappa shape index (κ3) is 10.5. The van der Waals surface area contributed by atoms with E-state index in [1.165, 1.54) is 0 Å². The van der Waals surface area contributed by atoms with Crippen molar-refractivity contribution < 1.29 is 9.53 Å². The van der Waals surface area contributed by atoms with Crippen LogP contribution in [0, 0.1) is 0 Å². The zero-order chi connectivity index (χ0) is 20.5. The molecular weight excluding hydrogens is 342 g/mol. The minimum atomic E-state index is -0.320. The fourth-order valence-corrected chi connectivity index (χ4v) is 2.52. The van der Waals surface area contributed by atoms with Gasteiger partial charge in [-0.25, -0.2) is 0 Å². The van der Waals surface area contributed by atoms with Crippen LogP contribution >= 0.6 is 0 Å². The molecule has 1 aromatic carbocycles. The number of ether oxygens (including phenoxy) is 1. The molecule has 7 heteroatoms. The quantitative estimate of drug-likeness (QED) is 0.295. The van der Waals surface area contributed by atoms with E-state index in [1.54, 1.807) is 0 Å². The van der Waals surface area contributed by atoms with Crippen molar-refractivity contribution in [2.45, 2.75) is 71.5 Å². The van der Waals surface area contributed by atoms with E-state index in [1.807, 2.05) is 45.0 Å². The third-order valence-electron chi connectivity index (χ3n) is 3.52. The molecule has 0 saturated carbocycles. The van der Waals surface area contributed by atoms with Crippen LogP contribution in [-0.2, 0) is 11.2 Å². The molecule has 27 heavy (non-hydrogen) atoms. The van der Waals surface area contributed by atoms with Gasteiger partial charge in [0.2, 0.25) is 5.91 Å². The number of amides is 1. The molecule has 0 aromatic heterocycles. The monoisotopic (exact) mass is 375 g/mol. The van der Waals surface area contributed by atoms with Crippen molar-refractivity contribution in [1.82, 2.24) is 10.6 Å². The number of azide groups is 1. The molecule has 0 spiro atoms. The minimum Gasteiger partial charge on any atom is -0.494 e. The molecular formula is C20H33N5O2. The number of benzene rings is 1. The molecule has 1 atom stereocenters. The van der Waals surface area contributed by atoms with Crippen molar-refractivity contribution >= 4 is 5.91 Å². The normalized spacial score (nSPS) is 12.8. The Hall–Kier alpha value is -2.24. The van der Waals surface area contributed by atoms with Crippen LogP contribution in [0.1, 0.15) is 53.5 Å². The molecule has 150 valence electrons. The highest BCUT2D eigenvalue weighted by molar-refractivity contribution is 5.82. The molecule has 0 radical (unpaired) electrons. The van der Waals surface area contributed by atoms with Crippen molar-refractivity contribution in [3.05, 3.63) is 40.3 Å². The minimum absolute atomic E-state index is 0.00389.